The van der Waals surface area contributed by atoms with E-state index in [1.165, 1.54) is 10.8 Å². The Labute approximate surface area is 267 Å². The first-order chi connectivity index (χ1) is 22.7. The smallest absolute Gasteiger partial charge is 0.164 e. The highest BCUT2D eigenvalue weighted by Gasteiger charge is 2.21. The summed E-state index contributed by atoms with van der Waals surface area (Å²) in [5.41, 5.74) is 6.79. The molecule has 0 saturated carbocycles. The maximum absolute atomic E-state index is 6.08. The largest absolute Gasteiger partial charge is 0.496 e. The fourth-order valence-electron chi connectivity index (χ4n) is 6.06. The maximum Gasteiger partial charge on any atom is 0.164 e. The summed E-state index contributed by atoms with van der Waals surface area (Å²) in [7, 11) is 1.72. The summed E-state index contributed by atoms with van der Waals surface area (Å²) in [6.07, 6.45) is 0. The fourth-order valence-corrected chi connectivity index (χ4v) is 6.06. The standard InChI is InChI=1S/C42H29N3O/c1-46-38-27-36(28-12-4-2-5-13-28)26-37(39(38)31-16-6-3-7-17-31)42-44-40(34-22-20-29-14-8-10-18-32(29)24-34)43-41(45-42)35-23-21-30-15-9-11-19-33(30)25-35/h2-27H,1H3. The lowest BCUT2D eigenvalue weighted by molar-refractivity contribution is 0.417. The summed E-state index contributed by atoms with van der Waals surface area (Å²) in [5, 5.41) is 4.60. The minimum absolute atomic E-state index is 0.580. The van der Waals surface area contributed by atoms with Gasteiger partial charge in [-0.3, -0.25) is 0 Å². The zero-order chi connectivity index (χ0) is 30.9. The molecule has 0 aliphatic carbocycles. The SMILES string of the molecule is COc1cc(-c2ccccc2)cc(-c2nc(-c3ccc4ccccc4c3)nc(-c3ccc4ccccc4c3)n2)c1-c1ccccc1. The molecule has 0 saturated heterocycles. The molecule has 0 N–H and O–H groups in total. The van der Waals surface area contributed by atoms with Gasteiger partial charge in [0.2, 0.25) is 0 Å². The van der Waals surface area contributed by atoms with Gasteiger partial charge in [0, 0.05) is 22.3 Å². The highest BCUT2D eigenvalue weighted by atomic mass is 16.5. The molecule has 8 aromatic rings. The van der Waals surface area contributed by atoms with Gasteiger partial charge in [0.05, 0.1) is 7.11 Å². The van der Waals surface area contributed by atoms with Crippen molar-refractivity contribution in [1.29, 1.82) is 0 Å². The van der Waals surface area contributed by atoms with E-state index in [-0.39, 0.29) is 0 Å². The molecule has 0 radical (unpaired) electrons. The first-order valence-corrected chi connectivity index (χ1v) is 15.3. The van der Waals surface area contributed by atoms with E-state index in [9.17, 15) is 0 Å². The minimum Gasteiger partial charge on any atom is -0.496 e. The van der Waals surface area contributed by atoms with Crippen molar-refractivity contribution in [3.05, 3.63) is 158 Å². The maximum atomic E-state index is 6.08. The van der Waals surface area contributed by atoms with Crippen LogP contribution < -0.4 is 4.74 Å². The van der Waals surface area contributed by atoms with Gasteiger partial charge in [-0.1, -0.05) is 133 Å². The number of fused-ring (bicyclic) bond motifs is 2. The van der Waals surface area contributed by atoms with Crippen LogP contribution in [0.15, 0.2) is 158 Å². The first-order valence-electron chi connectivity index (χ1n) is 15.3. The van der Waals surface area contributed by atoms with Gasteiger partial charge < -0.3 is 4.74 Å². The number of aromatic nitrogens is 3. The van der Waals surface area contributed by atoms with Crippen molar-refractivity contribution in [3.63, 3.8) is 0 Å². The summed E-state index contributed by atoms with van der Waals surface area (Å²) < 4.78 is 6.08. The van der Waals surface area contributed by atoms with E-state index in [1.54, 1.807) is 7.11 Å². The molecule has 46 heavy (non-hydrogen) atoms. The van der Waals surface area contributed by atoms with E-state index >= 15 is 0 Å². The number of hydrogen-bond acceptors (Lipinski definition) is 4. The van der Waals surface area contributed by atoms with Crippen molar-refractivity contribution >= 4 is 21.5 Å². The van der Waals surface area contributed by atoms with Crippen LogP contribution in [0.5, 0.6) is 5.75 Å². The van der Waals surface area contributed by atoms with Crippen molar-refractivity contribution in [2.45, 2.75) is 0 Å². The van der Waals surface area contributed by atoms with Gasteiger partial charge in [0.25, 0.3) is 0 Å². The first kappa shape index (κ1) is 27.4. The Hall–Kier alpha value is -6.13. The molecule has 0 aliphatic heterocycles. The van der Waals surface area contributed by atoms with E-state index < -0.39 is 0 Å². The van der Waals surface area contributed by atoms with Crippen molar-refractivity contribution < 1.29 is 4.74 Å². The predicted molar refractivity (Wildman–Crippen MR) is 189 cm³/mol. The lowest BCUT2D eigenvalue weighted by Gasteiger charge is -2.17. The molecule has 0 atom stereocenters. The molecule has 4 heteroatoms. The Balaban J connectivity index is 1.42. The zero-order valence-electron chi connectivity index (χ0n) is 25.3. The summed E-state index contributed by atoms with van der Waals surface area (Å²) >= 11 is 0. The molecular formula is C42H29N3O. The zero-order valence-corrected chi connectivity index (χ0v) is 25.3. The second-order valence-corrected chi connectivity index (χ2v) is 11.3. The van der Waals surface area contributed by atoms with E-state index in [1.807, 2.05) is 36.4 Å². The third kappa shape index (κ3) is 5.16. The van der Waals surface area contributed by atoms with Crippen LogP contribution in [0.4, 0.5) is 0 Å². The Kier molecular flexibility index (Phi) is 7.01. The summed E-state index contributed by atoms with van der Waals surface area (Å²) in [6, 6.07) is 54.3. The van der Waals surface area contributed by atoms with Crippen LogP contribution in [0.25, 0.3) is 78.0 Å². The average molecular weight is 592 g/mol. The molecule has 4 nitrogen and oxygen atoms in total. The van der Waals surface area contributed by atoms with Gasteiger partial charge in [-0.25, -0.2) is 15.0 Å². The van der Waals surface area contributed by atoms with Gasteiger partial charge >= 0.3 is 0 Å². The lowest BCUT2D eigenvalue weighted by atomic mass is 9.93. The number of methoxy groups -OCH3 is 1. The van der Waals surface area contributed by atoms with Gasteiger partial charge in [-0.2, -0.15) is 0 Å². The molecule has 218 valence electrons. The molecular weight excluding hydrogens is 562 g/mol. The molecule has 0 aliphatic rings. The molecule has 7 aromatic carbocycles. The van der Waals surface area contributed by atoms with E-state index in [0.29, 0.717) is 17.5 Å². The van der Waals surface area contributed by atoms with Crippen molar-refractivity contribution in [2.75, 3.05) is 7.11 Å². The van der Waals surface area contributed by atoms with Crippen LogP contribution >= 0.6 is 0 Å². The molecule has 0 unspecified atom stereocenters. The van der Waals surface area contributed by atoms with Gasteiger partial charge in [-0.05, 0) is 62.5 Å². The van der Waals surface area contributed by atoms with E-state index in [0.717, 1.165) is 55.5 Å². The number of ether oxygens (including phenoxy) is 1. The highest BCUT2D eigenvalue weighted by Crippen LogP contribution is 2.42. The quantitative estimate of drug-likeness (QED) is 0.193. The highest BCUT2D eigenvalue weighted by molar-refractivity contribution is 5.92. The topological polar surface area (TPSA) is 47.9 Å². The van der Waals surface area contributed by atoms with Gasteiger partial charge in [0.15, 0.2) is 17.5 Å². The van der Waals surface area contributed by atoms with E-state index in [4.69, 9.17) is 19.7 Å². The Morgan fingerprint density at radius 1 is 0.370 bits per heavy atom. The number of rotatable bonds is 6. The molecule has 1 heterocycles. The number of hydrogen-bond donors (Lipinski definition) is 0. The van der Waals surface area contributed by atoms with Crippen molar-refractivity contribution in [3.8, 4) is 62.2 Å². The summed E-state index contributed by atoms with van der Waals surface area (Å²) in [4.78, 5) is 15.5. The van der Waals surface area contributed by atoms with Crippen LogP contribution in [0.1, 0.15) is 0 Å². The summed E-state index contributed by atoms with van der Waals surface area (Å²) in [6.45, 7) is 0. The third-order valence-corrected chi connectivity index (χ3v) is 8.38. The lowest BCUT2D eigenvalue weighted by Crippen LogP contribution is -2.02. The minimum atomic E-state index is 0.580. The van der Waals surface area contributed by atoms with Gasteiger partial charge in [0.1, 0.15) is 5.75 Å². The Morgan fingerprint density at radius 3 is 1.39 bits per heavy atom. The Bertz CT molecular complexity index is 2250. The van der Waals surface area contributed by atoms with Crippen LogP contribution in [0.2, 0.25) is 0 Å². The van der Waals surface area contributed by atoms with Crippen molar-refractivity contribution in [2.24, 2.45) is 0 Å². The third-order valence-electron chi connectivity index (χ3n) is 8.38. The second-order valence-electron chi connectivity index (χ2n) is 11.3. The second kappa shape index (κ2) is 11.8. The normalized spacial score (nSPS) is 11.2. The van der Waals surface area contributed by atoms with Crippen LogP contribution in [0.3, 0.4) is 0 Å². The predicted octanol–water partition coefficient (Wildman–Crippen LogP) is 10.5. The Morgan fingerprint density at radius 2 is 0.848 bits per heavy atom. The van der Waals surface area contributed by atoms with Crippen LogP contribution in [-0.4, -0.2) is 22.1 Å². The van der Waals surface area contributed by atoms with Crippen molar-refractivity contribution in [1.82, 2.24) is 15.0 Å². The van der Waals surface area contributed by atoms with Gasteiger partial charge in [-0.15, -0.1) is 0 Å². The number of nitrogens with zero attached hydrogens (tertiary/aromatic N) is 3. The molecule has 8 rings (SSSR count). The molecule has 1 aromatic heterocycles. The molecule has 0 spiro atoms. The number of benzene rings is 7. The fraction of sp³-hybridized carbons (Fsp3) is 0.0238. The molecule has 0 fully saturated rings. The van der Waals surface area contributed by atoms with Crippen LogP contribution in [-0.2, 0) is 0 Å². The monoisotopic (exact) mass is 591 g/mol. The van der Waals surface area contributed by atoms with Crippen LogP contribution in [0, 0.1) is 0 Å². The molecule has 0 bridgehead atoms. The van der Waals surface area contributed by atoms with E-state index in [2.05, 4.69) is 121 Å². The molecule has 0 amide bonds. The average Bonchev–Trinajstić information content (AvgIpc) is 3.14. The summed E-state index contributed by atoms with van der Waals surface area (Å²) in [5.74, 6) is 2.56.